The van der Waals surface area contributed by atoms with Crippen molar-refractivity contribution >= 4 is 17.3 Å². The Bertz CT molecular complexity index is 585. The third-order valence-electron chi connectivity index (χ3n) is 4.12. The number of aromatic nitrogens is 4. The Labute approximate surface area is 128 Å². The molecule has 2 atom stereocenters. The van der Waals surface area contributed by atoms with Gasteiger partial charge in [-0.05, 0) is 53.9 Å². The van der Waals surface area contributed by atoms with Gasteiger partial charge in [0.2, 0.25) is 0 Å². The Morgan fingerprint density at radius 2 is 2.19 bits per heavy atom. The van der Waals surface area contributed by atoms with Gasteiger partial charge in [0.1, 0.15) is 6.33 Å². The van der Waals surface area contributed by atoms with Crippen molar-refractivity contribution in [3.8, 4) is 5.69 Å². The van der Waals surface area contributed by atoms with E-state index >= 15 is 0 Å². The summed E-state index contributed by atoms with van der Waals surface area (Å²) in [6.45, 7) is 0.710. The third-order valence-corrected chi connectivity index (χ3v) is 4.45. The molecule has 2 aromatic rings. The fourth-order valence-corrected chi connectivity index (χ4v) is 3.10. The lowest BCUT2D eigenvalue weighted by Gasteiger charge is -2.32. The minimum atomic E-state index is 0.380. The molecule has 6 nitrogen and oxygen atoms in total. The molecule has 0 radical (unpaired) electrons. The lowest BCUT2D eigenvalue weighted by molar-refractivity contribution is 0.332. The van der Waals surface area contributed by atoms with E-state index in [1.807, 2.05) is 18.2 Å². The SMILES string of the molecule is NCC1CCCCC1Nc1cc(-n2cnnn2)ccc1Cl. The zero-order chi connectivity index (χ0) is 14.7. The van der Waals surface area contributed by atoms with Crippen LogP contribution in [0.1, 0.15) is 25.7 Å². The van der Waals surface area contributed by atoms with Crippen molar-refractivity contribution in [3.05, 3.63) is 29.5 Å². The summed E-state index contributed by atoms with van der Waals surface area (Å²) < 4.78 is 1.61. The van der Waals surface area contributed by atoms with Crippen molar-refractivity contribution < 1.29 is 0 Å². The number of hydrogen-bond acceptors (Lipinski definition) is 5. The molecule has 1 saturated carbocycles. The molecule has 0 saturated heterocycles. The Hall–Kier alpha value is -1.66. The van der Waals surface area contributed by atoms with Crippen molar-refractivity contribution in [2.45, 2.75) is 31.7 Å². The van der Waals surface area contributed by atoms with Gasteiger partial charge in [-0.2, -0.15) is 0 Å². The smallest absolute Gasteiger partial charge is 0.143 e. The van der Waals surface area contributed by atoms with Crippen LogP contribution >= 0.6 is 11.6 Å². The van der Waals surface area contributed by atoms with Gasteiger partial charge in [0.15, 0.2) is 0 Å². The van der Waals surface area contributed by atoms with Crippen molar-refractivity contribution in [3.63, 3.8) is 0 Å². The number of benzene rings is 1. The van der Waals surface area contributed by atoms with E-state index in [1.54, 1.807) is 11.0 Å². The van der Waals surface area contributed by atoms with E-state index in [1.165, 1.54) is 19.3 Å². The molecule has 2 unspecified atom stereocenters. The summed E-state index contributed by atoms with van der Waals surface area (Å²) in [5.74, 6) is 0.506. The van der Waals surface area contributed by atoms with Crippen LogP contribution in [0.2, 0.25) is 5.02 Å². The quantitative estimate of drug-likeness (QED) is 0.905. The van der Waals surface area contributed by atoms with Crippen LogP contribution in [0, 0.1) is 5.92 Å². The molecule has 112 valence electrons. The van der Waals surface area contributed by atoms with Crippen molar-refractivity contribution in [1.82, 2.24) is 20.2 Å². The highest BCUT2D eigenvalue weighted by Crippen LogP contribution is 2.30. The summed E-state index contributed by atoms with van der Waals surface area (Å²) in [6.07, 6.45) is 6.37. The Balaban J connectivity index is 1.82. The van der Waals surface area contributed by atoms with E-state index in [2.05, 4.69) is 20.8 Å². The maximum Gasteiger partial charge on any atom is 0.143 e. The number of tetrazole rings is 1. The highest BCUT2D eigenvalue weighted by molar-refractivity contribution is 6.33. The van der Waals surface area contributed by atoms with E-state index in [0.717, 1.165) is 17.8 Å². The monoisotopic (exact) mass is 306 g/mol. The lowest BCUT2D eigenvalue weighted by atomic mass is 9.84. The minimum absolute atomic E-state index is 0.380. The predicted molar refractivity (Wildman–Crippen MR) is 82.6 cm³/mol. The Morgan fingerprint density at radius 3 is 2.95 bits per heavy atom. The zero-order valence-corrected chi connectivity index (χ0v) is 12.5. The summed E-state index contributed by atoms with van der Waals surface area (Å²) in [7, 11) is 0. The average Bonchev–Trinajstić information content (AvgIpc) is 3.04. The first-order valence-corrected chi connectivity index (χ1v) is 7.65. The molecule has 1 aliphatic rings. The van der Waals surface area contributed by atoms with Crippen molar-refractivity contribution in [1.29, 1.82) is 0 Å². The van der Waals surface area contributed by atoms with Gasteiger partial charge in [0.25, 0.3) is 0 Å². The normalized spacial score (nSPS) is 22.2. The van der Waals surface area contributed by atoms with E-state index in [4.69, 9.17) is 17.3 Å². The first kappa shape index (κ1) is 14.3. The second kappa shape index (κ2) is 6.41. The predicted octanol–water partition coefficient (Wildman–Crippen LogP) is 2.25. The van der Waals surface area contributed by atoms with E-state index < -0.39 is 0 Å². The summed E-state index contributed by atoms with van der Waals surface area (Å²) in [4.78, 5) is 0. The van der Waals surface area contributed by atoms with Crippen LogP contribution in [0.25, 0.3) is 5.69 Å². The molecule has 1 aliphatic carbocycles. The molecule has 1 fully saturated rings. The first-order valence-electron chi connectivity index (χ1n) is 7.27. The molecule has 0 amide bonds. The van der Waals surface area contributed by atoms with Crippen LogP contribution < -0.4 is 11.1 Å². The lowest BCUT2D eigenvalue weighted by Crippen LogP contribution is -2.36. The summed E-state index contributed by atoms with van der Waals surface area (Å²) in [5, 5.41) is 15.5. The highest BCUT2D eigenvalue weighted by atomic mass is 35.5. The van der Waals surface area contributed by atoms with E-state index in [0.29, 0.717) is 23.5 Å². The molecule has 0 spiro atoms. The largest absolute Gasteiger partial charge is 0.381 e. The van der Waals surface area contributed by atoms with Gasteiger partial charge in [-0.15, -0.1) is 5.10 Å². The summed E-state index contributed by atoms with van der Waals surface area (Å²) >= 11 is 6.31. The maximum absolute atomic E-state index is 6.31. The number of anilines is 1. The van der Waals surface area contributed by atoms with Crippen LogP contribution in [0.15, 0.2) is 24.5 Å². The number of halogens is 1. The van der Waals surface area contributed by atoms with Crippen LogP contribution in [-0.4, -0.2) is 32.8 Å². The molecule has 0 bridgehead atoms. The standard InChI is InChI=1S/C14H19ClN6/c15-12-6-5-11(21-9-17-19-20-21)7-14(12)18-13-4-2-1-3-10(13)8-16/h5-7,9-10,13,18H,1-4,8,16H2. The molecule has 21 heavy (non-hydrogen) atoms. The summed E-state index contributed by atoms with van der Waals surface area (Å²) in [6, 6.07) is 6.11. The molecule has 1 heterocycles. The zero-order valence-electron chi connectivity index (χ0n) is 11.7. The minimum Gasteiger partial charge on any atom is -0.381 e. The molecule has 1 aromatic carbocycles. The van der Waals surface area contributed by atoms with E-state index in [-0.39, 0.29) is 0 Å². The van der Waals surface area contributed by atoms with Crippen LogP contribution in [-0.2, 0) is 0 Å². The van der Waals surface area contributed by atoms with Crippen LogP contribution in [0.4, 0.5) is 5.69 Å². The van der Waals surface area contributed by atoms with Gasteiger partial charge in [-0.3, -0.25) is 0 Å². The second-order valence-electron chi connectivity index (χ2n) is 5.45. The van der Waals surface area contributed by atoms with Crippen LogP contribution in [0.5, 0.6) is 0 Å². The number of nitrogens with two attached hydrogens (primary N) is 1. The molecule has 0 aliphatic heterocycles. The van der Waals surface area contributed by atoms with E-state index in [9.17, 15) is 0 Å². The Morgan fingerprint density at radius 1 is 1.33 bits per heavy atom. The highest BCUT2D eigenvalue weighted by Gasteiger charge is 2.24. The molecular weight excluding hydrogens is 288 g/mol. The third kappa shape index (κ3) is 3.16. The number of nitrogens with one attached hydrogen (secondary N) is 1. The van der Waals surface area contributed by atoms with Gasteiger partial charge < -0.3 is 11.1 Å². The maximum atomic E-state index is 6.31. The van der Waals surface area contributed by atoms with Gasteiger partial charge >= 0.3 is 0 Å². The second-order valence-corrected chi connectivity index (χ2v) is 5.86. The topological polar surface area (TPSA) is 81.6 Å². The summed E-state index contributed by atoms with van der Waals surface area (Å²) in [5.41, 5.74) is 7.68. The average molecular weight is 307 g/mol. The Kier molecular flexibility index (Phi) is 4.36. The number of hydrogen-bond donors (Lipinski definition) is 2. The fraction of sp³-hybridized carbons (Fsp3) is 0.500. The van der Waals surface area contributed by atoms with Gasteiger partial charge in [-0.1, -0.05) is 24.4 Å². The van der Waals surface area contributed by atoms with Crippen molar-refractivity contribution in [2.24, 2.45) is 11.7 Å². The molecule has 3 N–H and O–H groups in total. The fourth-order valence-electron chi connectivity index (χ4n) is 2.93. The number of rotatable bonds is 4. The molecular formula is C14H19ClN6. The van der Waals surface area contributed by atoms with Gasteiger partial charge in [-0.25, -0.2) is 4.68 Å². The number of nitrogens with zero attached hydrogens (tertiary/aromatic N) is 4. The first-order chi connectivity index (χ1) is 10.3. The molecule has 3 rings (SSSR count). The van der Waals surface area contributed by atoms with Gasteiger partial charge in [0, 0.05) is 6.04 Å². The molecule has 7 heteroatoms. The van der Waals surface area contributed by atoms with Crippen molar-refractivity contribution in [2.75, 3.05) is 11.9 Å². The van der Waals surface area contributed by atoms with Crippen LogP contribution in [0.3, 0.4) is 0 Å². The molecule has 1 aromatic heterocycles. The van der Waals surface area contributed by atoms with Gasteiger partial charge in [0.05, 0.1) is 16.4 Å².